The Labute approximate surface area is 81.9 Å². The van der Waals surface area contributed by atoms with Gasteiger partial charge in [-0.1, -0.05) is 20.8 Å². The quantitative estimate of drug-likeness (QED) is 0.434. The van der Waals surface area contributed by atoms with E-state index in [9.17, 15) is 0 Å². The molecular weight excluding hydrogens is 251 g/mol. The van der Waals surface area contributed by atoms with Gasteiger partial charge in [-0.15, -0.1) is 0 Å². The summed E-state index contributed by atoms with van der Waals surface area (Å²) < 4.78 is 0.745. The molecule has 0 bridgehead atoms. The van der Waals surface area contributed by atoms with Gasteiger partial charge in [0.2, 0.25) is 0 Å². The van der Waals surface area contributed by atoms with Crippen LogP contribution in [0, 0.1) is 5.41 Å². The molecule has 0 aliphatic rings. The molecule has 0 aliphatic heterocycles. The zero-order valence-electron chi connectivity index (χ0n) is 7.19. The predicted octanol–water partition coefficient (Wildman–Crippen LogP) is 2.11. The molecule has 0 aromatic rings. The topological polar surface area (TPSA) is 52.0 Å². The van der Waals surface area contributed by atoms with Crippen molar-refractivity contribution in [2.75, 3.05) is 0 Å². The average molecular weight is 266 g/mol. The molecule has 0 aliphatic carbocycles. The van der Waals surface area contributed by atoms with Crippen molar-refractivity contribution >= 4 is 22.6 Å². The van der Waals surface area contributed by atoms with Crippen LogP contribution < -0.4 is 11.5 Å². The first kappa shape index (κ1) is 10.8. The van der Waals surface area contributed by atoms with Crippen LogP contribution in [0.2, 0.25) is 0 Å². The summed E-state index contributed by atoms with van der Waals surface area (Å²) in [7, 11) is 0. The minimum absolute atomic E-state index is 0.0303. The summed E-state index contributed by atoms with van der Waals surface area (Å²) >= 11 is 2.04. The highest BCUT2D eigenvalue weighted by atomic mass is 127. The number of halogens is 1. The fourth-order valence-corrected chi connectivity index (χ4v) is 0.599. The van der Waals surface area contributed by atoms with Crippen LogP contribution in [-0.2, 0) is 0 Å². The zero-order chi connectivity index (χ0) is 9.07. The standard InChI is InChI=1S/C8H15IN2/c1-8(2,3)6(10)4-5-7(9)11/h4-5H,10-11H2,1-3H3/b6-4-,7-5-. The summed E-state index contributed by atoms with van der Waals surface area (Å²) in [6, 6.07) is 0. The summed E-state index contributed by atoms with van der Waals surface area (Å²) in [6.07, 6.45) is 3.66. The van der Waals surface area contributed by atoms with Crippen molar-refractivity contribution in [2.24, 2.45) is 16.9 Å². The second-order valence-electron chi connectivity index (χ2n) is 3.42. The van der Waals surface area contributed by atoms with E-state index in [4.69, 9.17) is 11.5 Å². The highest BCUT2D eigenvalue weighted by Crippen LogP contribution is 2.20. The van der Waals surface area contributed by atoms with Crippen LogP contribution in [0.4, 0.5) is 0 Å². The van der Waals surface area contributed by atoms with E-state index in [0.29, 0.717) is 0 Å². The molecule has 4 N–H and O–H groups in total. The van der Waals surface area contributed by atoms with E-state index in [2.05, 4.69) is 20.8 Å². The van der Waals surface area contributed by atoms with Gasteiger partial charge in [0.25, 0.3) is 0 Å². The van der Waals surface area contributed by atoms with Gasteiger partial charge in [0.15, 0.2) is 0 Å². The van der Waals surface area contributed by atoms with Gasteiger partial charge in [-0.05, 0) is 34.7 Å². The maximum Gasteiger partial charge on any atom is 0.0706 e. The van der Waals surface area contributed by atoms with Crippen LogP contribution in [-0.4, -0.2) is 0 Å². The first-order valence-corrected chi connectivity index (χ1v) is 4.51. The lowest BCUT2D eigenvalue weighted by Crippen LogP contribution is -2.16. The largest absolute Gasteiger partial charge is 0.402 e. The van der Waals surface area contributed by atoms with Crippen molar-refractivity contribution in [3.8, 4) is 0 Å². The highest BCUT2D eigenvalue weighted by molar-refractivity contribution is 14.1. The molecule has 0 spiro atoms. The Hall–Kier alpha value is -0.190. The Morgan fingerprint density at radius 2 is 1.64 bits per heavy atom. The van der Waals surface area contributed by atoms with Crippen LogP contribution in [0.15, 0.2) is 21.6 Å². The maximum absolute atomic E-state index is 5.76. The summed E-state index contributed by atoms with van der Waals surface area (Å²) in [5, 5.41) is 0. The number of allylic oxidation sites excluding steroid dienone is 3. The van der Waals surface area contributed by atoms with Gasteiger partial charge >= 0.3 is 0 Å². The van der Waals surface area contributed by atoms with E-state index in [1.165, 1.54) is 0 Å². The third-order valence-corrected chi connectivity index (χ3v) is 1.65. The normalized spacial score (nSPS) is 15.3. The minimum atomic E-state index is 0.0303. The zero-order valence-corrected chi connectivity index (χ0v) is 9.34. The molecule has 0 amide bonds. The van der Waals surface area contributed by atoms with Gasteiger partial charge in [0.05, 0.1) is 3.70 Å². The highest BCUT2D eigenvalue weighted by Gasteiger charge is 2.11. The molecule has 0 heterocycles. The Morgan fingerprint density at radius 3 is 1.91 bits per heavy atom. The first-order valence-electron chi connectivity index (χ1n) is 3.43. The third kappa shape index (κ3) is 5.12. The molecule has 11 heavy (non-hydrogen) atoms. The average Bonchev–Trinajstić information content (AvgIpc) is 1.80. The van der Waals surface area contributed by atoms with Crippen molar-refractivity contribution in [1.29, 1.82) is 0 Å². The van der Waals surface area contributed by atoms with Gasteiger partial charge in [-0.3, -0.25) is 0 Å². The van der Waals surface area contributed by atoms with E-state index in [0.717, 1.165) is 9.40 Å². The molecule has 0 atom stereocenters. The van der Waals surface area contributed by atoms with Gasteiger partial charge in [-0.25, -0.2) is 0 Å². The summed E-state index contributed by atoms with van der Waals surface area (Å²) in [5.41, 5.74) is 12.1. The Morgan fingerprint density at radius 1 is 1.18 bits per heavy atom. The van der Waals surface area contributed by atoms with E-state index in [1.54, 1.807) is 6.08 Å². The van der Waals surface area contributed by atoms with Crippen LogP contribution in [0.5, 0.6) is 0 Å². The minimum Gasteiger partial charge on any atom is -0.402 e. The van der Waals surface area contributed by atoms with Crippen molar-refractivity contribution in [2.45, 2.75) is 20.8 Å². The Bertz CT molecular complexity index is 183. The SMILES string of the molecule is CC(C)(C)/C(N)=C/C=C(\N)I. The molecule has 0 saturated carbocycles. The lowest BCUT2D eigenvalue weighted by Gasteiger charge is -2.18. The fraction of sp³-hybridized carbons (Fsp3) is 0.500. The molecule has 64 valence electrons. The smallest absolute Gasteiger partial charge is 0.0706 e. The summed E-state index contributed by atoms with van der Waals surface area (Å²) in [4.78, 5) is 0. The third-order valence-electron chi connectivity index (χ3n) is 1.29. The van der Waals surface area contributed by atoms with Crippen molar-refractivity contribution in [1.82, 2.24) is 0 Å². The summed E-state index contributed by atoms with van der Waals surface area (Å²) in [5.74, 6) is 0. The molecule has 0 radical (unpaired) electrons. The number of rotatable bonds is 1. The number of hydrogen-bond acceptors (Lipinski definition) is 2. The number of nitrogens with two attached hydrogens (primary N) is 2. The van der Waals surface area contributed by atoms with Gasteiger partial charge in [-0.2, -0.15) is 0 Å². The lowest BCUT2D eigenvalue weighted by atomic mass is 9.92. The predicted molar refractivity (Wildman–Crippen MR) is 58.0 cm³/mol. The fourth-order valence-electron chi connectivity index (χ4n) is 0.419. The number of hydrogen-bond donors (Lipinski definition) is 2. The molecule has 0 fully saturated rings. The lowest BCUT2D eigenvalue weighted by molar-refractivity contribution is 0.497. The molecule has 0 unspecified atom stereocenters. The van der Waals surface area contributed by atoms with Crippen molar-refractivity contribution < 1.29 is 0 Å². The Balaban J connectivity index is 4.36. The summed E-state index contributed by atoms with van der Waals surface area (Å²) in [6.45, 7) is 6.20. The van der Waals surface area contributed by atoms with E-state index < -0.39 is 0 Å². The molecule has 0 rings (SSSR count). The van der Waals surface area contributed by atoms with Crippen LogP contribution in [0.1, 0.15) is 20.8 Å². The molecule has 0 aromatic heterocycles. The molecular formula is C8H15IN2. The molecule has 0 saturated heterocycles. The van der Waals surface area contributed by atoms with Crippen molar-refractivity contribution in [3.05, 3.63) is 21.6 Å². The second-order valence-corrected chi connectivity index (χ2v) is 4.67. The van der Waals surface area contributed by atoms with Crippen LogP contribution in [0.3, 0.4) is 0 Å². The van der Waals surface area contributed by atoms with Crippen molar-refractivity contribution in [3.63, 3.8) is 0 Å². The van der Waals surface area contributed by atoms with E-state index in [1.807, 2.05) is 28.7 Å². The van der Waals surface area contributed by atoms with E-state index >= 15 is 0 Å². The monoisotopic (exact) mass is 266 g/mol. The van der Waals surface area contributed by atoms with Gasteiger partial charge in [0.1, 0.15) is 0 Å². The van der Waals surface area contributed by atoms with E-state index in [-0.39, 0.29) is 5.41 Å². The van der Waals surface area contributed by atoms with Gasteiger partial charge < -0.3 is 11.5 Å². The molecule has 2 nitrogen and oxygen atoms in total. The first-order chi connectivity index (χ1) is 4.84. The van der Waals surface area contributed by atoms with Gasteiger partial charge in [0, 0.05) is 11.1 Å². The molecule has 3 heteroatoms. The van der Waals surface area contributed by atoms with Crippen LogP contribution in [0.25, 0.3) is 0 Å². The second kappa shape index (κ2) is 3.99. The van der Waals surface area contributed by atoms with Crippen LogP contribution >= 0.6 is 22.6 Å². The Kier molecular flexibility index (Phi) is 3.92. The molecule has 0 aromatic carbocycles. The maximum atomic E-state index is 5.76.